The molecule has 1 aromatic heterocycles. The van der Waals surface area contributed by atoms with E-state index in [0.29, 0.717) is 24.5 Å². The largest absolute Gasteiger partial charge is 0.423 e. The fraction of sp³-hybridized carbons (Fsp3) is 0.211. The molecule has 2 heterocycles. The lowest BCUT2D eigenvalue weighted by atomic mass is 10.1. The Bertz CT molecular complexity index is 888. The number of piperazine rings is 1. The Labute approximate surface area is 156 Å². The molecule has 4 rings (SSSR count). The third kappa shape index (κ3) is 3.28. The van der Waals surface area contributed by atoms with Gasteiger partial charge >= 0.3 is 0 Å². The molecule has 0 aliphatic carbocycles. The standard InChI is InChI=1S/C19H17ClN4O2/c20-16-3-1-2-4-17(16)23-9-11-24(12-10-23)19(25)15-7-5-14(6-8-15)18-22-21-13-26-18/h1-8,13H,9-12H2. The minimum Gasteiger partial charge on any atom is -0.423 e. The molecule has 1 fully saturated rings. The van der Waals surface area contributed by atoms with Crippen LogP contribution >= 0.6 is 11.6 Å². The molecule has 1 saturated heterocycles. The lowest BCUT2D eigenvalue weighted by molar-refractivity contribution is 0.0747. The Morgan fingerprint density at radius 2 is 1.73 bits per heavy atom. The minimum atomic E-state index is 0.0286. The van der Waals surface area contributed by atoms with Gasteiger partial charge in [-0.15, -0.1) is 10.2 Å². The summed E-state index contributed by atoms with van der Waals surface area (Å²) in [5.74, 6) is 0.471. The van der Waals surface area contributed by atoms with E-state index in [1.54, 1.807) is 12.1 Å². The summed E-state index contributed by atoms with van der Waals surface area (Å²) in [4.78, 5) is 16.8. The normalized spacial score (nSPS) is 14.5. The zero-order valence-electron chi connectivity index (χ0n) is 14.0. The van der Waals surface area contributed by atoms with Gasteiger partial charge in [-0.3, -0.25) is 4.79 Å². The number of aromatic nitrogens is 2. The van der Waals surface area contributed by atoms with E-state index in [1.165, 1.54) is 6.39 Å². The number of benzene rings is 2. The summed E-state index contributed by atoms with van der Waals surface area (Å²) in [5, 5.41) is 8.27. The van der Waals surface area contributed by atoms with Crippen molar-refractivity contribution in [2.45, 2.75) is 0 Å². The van der Waals surface area contributed by atoms with Gasteiger partial charge in [0.1, 0.15) is 0 Å². The number of rotatable bonds is 3. The average Bonchev–Trinajstić information content (AvgIpc) is 3.23. The molecule has 2 aromatic carbocycles. The van der Waals surface area contributed by atoms with Gasteiger partial charge in [0.2, 0.25) is 12.3 Å². The second-order valence-corrected chi connectivity index (χ2v) is 6.46. The fourth-order valence-electron chi connectivity index (χ4n) is 3.10. The summed E-state index contributed by atoms with van der Waals surface area (Å²) in [6, 6.07) is 15.0. The smallest absolute Gasteiger partial charge is 0.253 e. The quantitative estimate of drug-likeness (QED) is 0.709. The maximum Gasteiger partial charge on any atom is 0.253 e. The highest BCUT2D eigenvalue weighted by atomic mass is 35.5. The van der Waals surface area contributed by atoms with E-state index in [2.05, 4.69) is 15.1 Å². The van der Waals surface area contributed by atoms with Gasteiger partial charge in [0.15, 0.2) is 0 Å². The average molecular weight is 369 g/mol. The monoisotopic (exact) mass is 368 g/mol. The second kappa shape index (κ2) is 7.17. The molecule has 1 aliphatic rings. The maximum atomic E-state index is 12.7. The van der Waals surface area contributed by atoms with Gasteiger partial charge in [-0.2, -0.15) is 0 Å². The molecule has 1 amide bonds. The molecule has 0 radical (unpaired) electrons. The van der Waals surface area contributed by atoms with Gasteiger partial charge in [0, 0.05) is 37.3 Å². The summed E-state index contributed by atoms with van der Waals surface area (Å²) in [6.07, 6.45) is 1.28. The number of hydrogen-bond donors (Lipinski definition) is 0. The summed E-state index contributed by atoms with van der Waals surface area (Å²) < 4.78 is 5.17. The number of para-hydroxylation sites is 1. The van der Waals surface area contributed by atoms with Crippen molar-refractivity contribution in [1.82, 2.24) is 15.1 Å². The molecule has 0 bridgehead atoms. The molecule has 0 spiro atoms. The van der Waals surface area contributed by atoms with Crippen molar-refractivity contribution >= 4 is 23.2 Å². The highest BCUT2D eigenvalue weighted by Crippen LogP contribution is 2.26. The SMILES string of the molecule is O=C(c1ccc(-c2nnco2)cc1)N1CCN(c2ccccc2Cl)CC1. The summed E-state index contributed by atoms with van der Waals surface area (Å²) in [6.45, 7) is 2.84. The Morgan fingerprint density at radius 1 is 1.00 bits per heavy atom. The highest BCUT2D eigenvalue weighted by molar-refractivity contribution is 6.33. The number of halogens is 1. The molecule has 3 aromatic rings. The number of carbonyl (C=O) groups excluding carboxylic acids is 1. The molecule has 1 aliphatic heterocycles. The molecular weight excluding hydrogens is 352 g/mol. The molecule has 132 valence electrons. The lowest BCUT2D eigenvalue weighted by Gasteiger charge is -2.36. The first kappa shape index (κ1) is 16.6. The van der Waals surface area contributed by atoms with Crippen LogP contribution in [-0.4, -0.2) is 47.2 Å². The van der Waals surface area contributed by atoms with Gasteiger partial charge in [0.25, 0.3) is 5.91 Å². The lowest BCUT2D eigenvalue weighted by Crippen LogP contribution is -2.48. The van der Waals surface area contributed by atoms with Crippen LogP contribution in [0.5, 0.6) is 0 Å². The van der Waals surface area contributed by atoms with Gasteiger partial charge in [0.05, 0.1) is 10.7 Å². The number of amides is 1. The van der Waals surface area contributed by atoms with E-state index in [4.69, 9.17) is 16.0 Å². The zero-order valence-corrected chi connectivity index (χ0v) is 14.8. The van der Waals surface area contributed by atoms with Crippen molar-refractivity contribution in [3.05, 3.63) is 65.5 Å². The first-order valence-electron chi connectivity index (χ1n) is 8.38. The predicted octanol–water partition coefficient (Wildman–Crippen LogP) is 3.35. The van der Waals surface area contributed by atoms with Crippen LogP contribution in [0.2, 0.25) is 5.02 Å². The van der Waals surface area contributed by atoms with E-state index < -0.39 is 0 Å². The summed E-state index contributed by atoms with van der Waals surface area (Å²) in [7, 11) is 0. The maximum absolute atomic E-state index is 12.7. The van der Waals surface area contributed by atoms with E-state index in [1.807, 2.05) is 41.3 Å². The summed E-state index contributed by atoms with van der Waals surface area (Å²) in [5.41, 5.74) is 2.47. The number of nitrogens with zero attached hydrogens (tertiary/aromatic N) is 4. The molecule has 26 heavy (non-hydrogen) atoms. The van der Waals surface area contributed by atoms with Gasteiger partial charge in [-0.1, -0.05) is 23.7 Å². The molecule has 0 unspecified atom stereocenters. The van der Waals surface area contributed by atoms with Crippen molar-refractivity contribution in [2.75, 3.05) is 31.1 Å². The van der Waals surface area contributed by atoms with Crippen LogP contribution in [0, 0.1) is 0 Å². The molecule has 0 N–H and O–H groups in total. The van der Waals surface area contributed by atoms with E-state index in [-0.39, 0.29) is 5.91 Å². The van der Waals surface area contributed by atoms with Crippen LogP contribution in [0.1, 0.15) is 10.4 Å². The van der Waals surface area contributed by atoms with Crippen LogP contribution in [0.15, 0.2) is 59.3 Å². The molecule has 0 atom stereocenters. The third-order valence-electron chi connectivity index (χ3n) is 4.50. The molecule has 6 nitrogen and oxygen atoms in total. The van der Waals surface area contributed by atoms with E-state index >= 15 is 0 Å². The fourth-order valence-corrected chi connectivity index (χ4v) is 3.35. The van der Waals surface area contributed by atoms with Gasteiger partial charge in [-0.25, -0.2) is 0 Å². The van der Waals surface area contributed by atoms with Crippen molar-refractivity contribution in [1.29, 1.82) is 0 Å². The number of hydrogen-bond acceptors (Lipinski definition) is 5. The Hall–Kier alpha value is -2.86. The molecule has 7 heteroatoms. The Morgan fingerprint density at radius 3 is 2.38 bits per heavy atom. The van der Waals surface area contributed by atoms with Crippen LogP contribution in [0.25, 0.3) is 11.5 Å². The predicted molar refractivity (Wildman–Crippen MR) is 99.3 cm³/mol. The first-order chi connectivity index (χ1) is 12.7. The van der Waals surface area contributed by atoms with Crippen molar-refractivity contribution in [2.24, 2.45) is 0 Å². The first-order valence-corrected chi connectivity index (χ1v) is 8.75. The van der Waals surface area contributed by atoms with E-state index in [9.17, 15) is 4.79 Å². The van der Waals surface area contributed by atoms with Crippen molar-refractivity contribution in [3.63, 3.8) is 0 Å². The second-order valence-electron chi connectivity index (χ2n) is 6.05. The van der Waals surface area contributed by atoms with E-state index in [0.717, 1.165) is 29.4 Å². The zero-order chi connectivity index (χ0) is 17.9. The van der Waals surface area contributed by atoms with Crippen molar-refractivity contribution in [3.8, 4) is 11.5 Å². The topological polar surface area (TPSA) is 62.5 Å². The third-order valence-corrected chi connectivity index (χ3v) is 4.82. The Kier molecular flexibility index (Phi) is 4.58. The Balaban J connectivity index is 1.41. The molecular formula is C19H17ClN4O2. The van der Waals surface area contributed by atoms with Crippen LogP contribution in [0.3, 0.4) is 0 Å². The molecule has 0 saturated carbocycles. The number of anilines is 1. The van der Waals surface area contributed by atoms with Crippen LogP contribution < -0.4 is 4.90 Å². The van der Waals surface area contributed by atoms with Gasteiger partial charge < -0.3 is 14.2 Å². The van der Waals surface area contributed by atoms with Crippen LogP contribution in [0.4, 0.5) is 5.69 Å². The summed E-state index contributed by atoms with van der Waals surface area (Å²) >= 11 is 6.27. The van der Waals surface area contributed by atoms with Gasteiger partial charge in [-0.05, 0) is 36.4 Å². The van der Waals surface area contributed by atoms with Crippen LogP contribution in [-0.2, 0) is 0 Å². The van der Waals surface area contributed by atoms with Crippen molar-refractivity contribution < 1.29 is 9.21 Å². The number of carbonyl (C=O) groups is 1. The minimum absolute atomic E-state index is 0.0286. The highest BCUT2D eigenvalue weighted by Gasteiger charge is 2.23.